The molecule has 3 atom stereocenters. The Labute approximate surface area is 113 Å². The average molecular weight is 257 g/mol. The number of rotatable bonds is 3. The third kappa shape index (κ3) is 2.77. The lowest BCUT2D eigenvalue weighted by Gasteiger charge is -2.16. The van der Waals surface area contributed by atoms with E-state index >= 15 is 0 Å². The Morgan fingerprint density at radius 2 is 2.16 bits per heavy atom. The second-order valence-electron chi connectivity index (χ2n) is 5.41. The molecule has 3 nitrogen and oxygen atoms in total. The summed E-state index contributed by atoms with van der Waals surface area (Å²) in [5.74, 6) is 0.239. The van der Waals surface area contributed by atoms with Crippen LogP contribution >= 0.6 is 0 Å². The van der Waals surface area contributed by atoms with Gasteiger partial charge in [-0.3, -0.25) is 4.98 Å². The maximum absolute atomic E-state index is 10.3. The summed E-state index contributed by atoms with van der Waals surface area (Å²) in [5, 5.41) is 11.4. The second-order valence-corrected chi connectivity index (χ2v) is 5.41. The van der Waals surface area contributed by atoms with Gasteiger partial charge >= 0.3 is 0 Å². The van der Waals surface area contributed by atoms with Crippen molar-refractivity contribution in [2.75, 3.05) is 6.61 Å². The molecule has 0 saturated carbocycles. The number of hydrogen-bond acceptors (Lipinski definition) is 3. The van der Waals surface area contributed by atoms with Gasteiger partial charge in [-0.25, -0.2) is 0 Å². The standard InChI is InChI=1S/C16H19NO2/c1-11-8-13(10-19-11)16(18)9-14-7-6-12-4-2-3-5-15(12)17-14/h2-7,11,13,16,18H,8-10H2,1H3. The normalized spacial score (nSPS) is 24.7. The average Bonchev–Trinajstić information content (AvgIpc) is 2.85. The highest BCUT2D eigenvalue weighted by Gasteiger charge is 2.28. The molecule has 0 spiro atoms. The number of aromatic nitrogens is 1. The maximum Gasteiger partial charge on any atom is 0.0705 e. The van der Waals surface area contributed by atoms with Gasteiger partial charge < -0.3 is 9.84 Å². The summed E-state index contributed by atoms with van der Waals surface area (Å²) in [4.78, 5) is 4.60. The van der Waals surface area contributed by atoms with Crippen LogP contribution < -0.4 is 0 Å². The number of fused-ring (bicyclic) bond motifs is 1. The Balaban J connectivity index is 1.74. The van der Waals surface area contributed by atoms with Crippen molar-refractivity contribution in [3.05, 3.63) is 42.1 Å². The maximum atomic E-state index is 10.3. The van der Waals surface area contributed by atoms with Gasteiger partial charge in [-0.1, -0.05) is 24.3 Å². The monoisotopic (exact) mass is 257 g/mol. The number of benzene rings is 1. The molecule has 1 aromatic heterocycles. The van der Waals surface area contributed by atoms with Crippen LogP contribution in [0.5, 0.6) is 0 Å². The van der Waals surface area contributed by atoms with Crippen LogP contribution in [0, 0.1) is 5.92 Å². The molecule has 0 bridgehead atoms. The smallest absolute Gasteiger partial charge is 0.0705 e. The van der Waals surface area contributed by atoms with Gasteiger partial charge in [0.2, 0.25) is 0 Å². The highest BCUT2D eigenvalue weighted by Crippen LogP contribution is 2.24. The first kappa shape index (κ1) is 12.6. The summed E-state index contributed by atoms with van der Waals surface area (Å²) in [5.41, 5.74) is 1.94. The molecule has 0 amide bonds. The van der Waals surface area contributed by atoms with Crippen molar-refractivity contribution < 1.29 is 9.84 Å². The Bertz CT molecular complexity index is 569. The summed E-state index contributed by atoms with van der Waals surface area (Å²) < 4.78 is 5.51. The van der Waals surface area contributed by atoms with Crippen molar-refractivity contribution in [2.45, 2.75) is 32.0 Å². The van der Waals surface area contributed by atoms with E-state index in [0.29, 0.717) is 13.0 Å². The summed E-state index contributed by atoms with van der Waals surface area (Å²) in [7, 11) is 0. The molecule has 1 aliphatic heterocycles. The quantitative estimate of drug-likeness (QED) is 0.919. The Kier molecular flexibility index (Phi) is 3.49. The SMILES string of the molecule is CC1CC(C(O)Cc2ccc3ccccc3n2)CO1. The highest BCUT2D eigenvalue weighted by molar-refractivity contribution is 5.78. The molecular weight excluding hydrogens is 238 g/mol. The molecule has 3 heteroatoms. The summed E-state index contributed by atoms with van der Waals surface area (Å²) in [6.07, 6.45) is 1.45. The molecule has 3 unspecified atom stereocenters. The number of pyridine rings is 1. The molecule has 0 aliphatic carbocycles. The van der Waals surface area contributed by atoms with E-state index < -0.39 is 0 Å². The van der Waals surface area contributed by atoms with Gasteiger partial charge in [-0.05, 0) is 25.5 Å². The van der Waals surface area contributed by atoms with Crippen LogP contribution in [0.3, 0.4) is 0 Å². The van der Waals surface area contributed by atoms with Crippen molar-refractivity contribution >= 4 is 10.9 Å². The van der Waals surface area contributed by atoms with Crippen molar-refractivity contribution in [1.82, 2.24) is 4.98 Å². The van der Waals surface area contributed by atoms with E-state index in [0.717, 1.165) is 23.0 Å². The molecule has 2 heterocycles. The molecule has 1 fully saturated rings. The number of aliphatic hydroxyl groups is 1. The van der Waals surface area contributed by atoms with Gasteiger partial charge in [-0.2, -0.15) is 0 Å². The van der Waals surface area contributed by atoms with Gasteiger partial charge in [0.25, 0.3) is 0 Å². The molecule has 19 heavy (non-hydrogen) atoms. The molecule has 1 aliphatic rings. The zero-order chi connectivity index (χ0) is 13.2. The summed E-state index contributed by atoms with van der Waals surface area (Å²) in [6, 6.07) is 12.1. The predicted molar refractivity (Wildman–Crippen MR) is 75.0 cm³/mol. The van der Waals surface area contributed by atoms with Crippen molar-refractivity contribution in [1.29, 1.82) is 0 Å². The zero-order valence-corrected chi connectivity index (χ0v) is 11.1. The minimum Gasteiger partial charge on any atom is -0.392 e. The lowest BCUT2D eigenvalue weighted by Crippen LogP contribution is -2.23. The number of para-hydroxylation sites is 1. The van der Waals surface area contributed by atoms with Crippen LogP contribution in [-0.4, -0.2) is 28.9 Å². The lowest BCUT2D eigenvalue weighted by molar-refractivity contribution is 0.0802. The van der Waals surface area contributed by atoms with E-state index in [9.17, 15) is 5.11 Å². The molecule has 100 valence electrons. The molecular formula is C16H19NO2. The van der Waals surface area contributed by atoms with Crippen LogP contribution in [0.15, 0.2) is 36.4 Å². The Morgan fingerprint density at radius 1 is 1.32 bits per heavy atom. The van der Waals surface area contributed by atoms with E-state index in [1.54, 1.807) is 0 Å². The zero-order valence-electron chi connectivity index (χ0n) is 11.1. The minimum atomic E-state index is -0.362. The number of ether oxygens (including phenoxy) is 1. The topological polar surface area (TPSA) is 42.4 Å². The number of aliphatic hydroxyl groups excluding tert-OH is 1. The fourth-order valence-corrected chi connectivity index (χ4v) is 2.72. The predicted octanol–water partition coefficient (Wildman–Crippen LogP) is 2.56. The third-order valence-corrected chi connectivity index (χ3v) is 3.85. The summed E-state index contributed by atoms with van der Waals surface area (Å²) in [6.45, 7) is 2.72. The van der Waals surface area contributed by atoms with Crippen molar-refractivity contribution in [3.63, 3.8) is 0 Å². The second kappa shape index (κ2) is 5.27. The highest BCUT2D eigenvalue weighted by atomic mass is 16.5. The molecule has 1 saturated heterocycles. The lowest BCUT2D eigenvalue weighted by atomic mass is 9.95. The van der Waals surface area contributed by atoms with Gasteiger partial charge in [0.05, 0.1) is 24.3 Å². The van der Waals surface area contributed by atoms with Crippen LogP contribution in [-0.2, 0) is 11.2 Å². The fourth-order valence-electron chi connectivity index (χ4n) is 2.72. The fraction of sp³-hybridized carbons (Fsp3) is 0.438. The largest absolute Gasteiger partial charge is 0.392 e. The number of hydrogen-bond donors (Lipinski definition) is 1. The van der Waals surface area contributed by atoms with E-state index in [2.05, 4.69) is 24.0 Å². The molecule has 3 rings (SSSR count). The number of nitrogens with zero attached hydrogens (tertiary/aromatic N) is 1. The van der Waals surface area contributed by atoms with Gasteiger partial charge in [0, 0.05) is 23.4 Å². The van der Waals surface area contributed by atoms with Gasteiger partial charge in [0.1, 0.15) is 0 Å². The van der Waals surface area contributed by atoms with Crippen molar-refractivity contribution in [3.8, 4) is 0 Å². The summed E-state index contributed by atoms with van der Waals surface area (Å²) >= 11 is 0. The first-order valence-corrected chi connectivity index (χ1v) is 6.87. The van der Waals surface area contributed by atoms with Crippen LogP contribution in [0.4, 0.5) is 0 Å². The first-order chi connectivity index (χ1) is 9.22. The van der Waals surface area contributed by atoms with Crippen molar-refractivity contribution in [2.24, 2.45) is 5.92 Å². The molecule has 1 aromatic carbocycles. The third-order valence-electron chi connectivity index (χ3n) is 3.85. The minimum absolute atomic E-state index is 0.239. The first-order valence-electron chi connectivity index (χ1n) is 6.87. The molecule has 0 radical (unpaired) electrons. The van der Waals surface area contributed by atoms with Crippen LogP contribution in [0.2, 0.25) is 0 Å². The van der Waals surface area contributed by atoms with E-state index in [-0.39, 0.29) is 18.1 Å². The van der Waals surface area contributed by atoms with E-state index in [1.807, 2.05) is 24.3 Å². The van der Waals surface area contributed by atoms with E-state index in [4.69, 9.17) is 4.74 Å². The molecule has 2 aromatic rings. The Hall–Kier alpha value is -1.45. The van der Waals surface area contributed by atoms with Crippen LogP contribution in [0.25, 0.3) is 10.9 Å². The molecule has 1 N–H and O–H groups in total. The Morgan fingerprint density at radius 3 is 2.95 bits per heavy atom. The van der Waals surface area contributed by atoms with Gasteiger partial charge in [0.15, 0.2) is 0 Å². The van der Waals surface area contributed by atoms with Crippen LogP contribution in [0.1, 0.15) is 19.0 Å². The van der Waals surface area contributed by atoms with Gasteiger partial charge in [-0.15, -0.1) is 0 Å². The van der Waals surface area contributed by atoms with E-state index in [1.165, 1.54) is 0 Å².